The summed E-state index contributed by atoms with van der Waals surface area (Å²) in [5, 5.41) is 13.4. The molecule has 0 aliphatic heterocycles. The molecule has 1 aliphatic rings. The predicted molar refractivity (Wildman–Crippen MR) is 79.4 cm³/mol. The van der Waals surface area contributed by atoms with Crippen LogP contribution in [0.2, 0.25) is 5.15 Å². The summed E-state index contributed by atoms with van der Waals surface area (Å²) in [5.74, 6) is -0.498. The quantitative estimate of drug-likeness (QED) is 0.391. The monoisotopic (exact) mass is 309 g/mol. The molecule has 1 heterocycles. The Morgan fingerprint density at radius 3 is 2.95 bits per heavy atom. The summed E-state index contributed by atoms with van der Waals surface area (Å²) in [7, 11) is 0. The lowest BCUT2D eigenvalue weighted by Gasteiger charge is -2.13. The molecule has 6 nitrogen and oxygen atoms in total. The fourth-order valence-electron chi connectivity index (χ4n) is 2.35. The smallest absolute Gasteiger partial charge is 0.319 e. The standard InChI is InChI=1S/C14H16ClN3O3/c15-13-12(18(20)21)11(7-9-16-13)14(19)17-8-6-10-4-2-1-3-5-10/h4,7,9H,1-3,5-6,8H2,(H,17,19). The summed E-state index contributed by atoms with van der Waals surface area (Å²) < 4.78 is 0. The first-order valence-electron chi connectivity index (χ1n) is 6.84. The lowest BCUT2D eigenvalue weighted by atomic mass is 9.97. The molecular formula is C14H16ClN3O3. The number of carbonyl (C=O) groups is 1. The lowest BCUT2D eigenvalue weighted by molar-refractivity contribution is -0.385. The largest absolute Gasteiger partial charge is 0.351 e. The number of carbonyl (C=O) groups excluding carboxylic acids is 1. The third-order valence-corrected chi connectivity index (χ3v) is 3.70. The summed E-state index contributed by atoms with van der Waals surface area (Å²) in [6.07, 6.45) is 8.84. The van der Waals surface area contributed by atoms with Crippen LogP contribution in [0.4, 0.5) is 5.69 Å². The molecule has 0 saturated carbocycles. The molecule has 0 spiro atoms. The van der Waals surface area contributed by atoms with Crippen molar-refractivity contribution in [2.75, 3.05) is 6.54 Å². The van der Waals surface area contributed by atoms with E-state index >= 15 is 0 Å². The normalized spacial score (nSPS) is 14.4. The molecular weight excluding hydrogens is 294 g/mol. The Bertz CT molecular complexity index is 587. The second kappa shape index (κ2) is 7.17. The van der Waals surface area contributed by atoms with Crippen molar-refractivity contribution in [2.24, 2.45) is 0 Å². The first-order chi connectivity index (χ1) is 10.1. The van der Waals surface area contributed by atoms with Gasteiger partial charge in [-0.1, -0.05) is 23.3 Å². The van der Waals surface area contributed by atoms with Crippen LogP contribution in [-0.4, -0.2) is 22.4 Å². The van der Waals surface area contributed by atoms with E-state index in [-0.39, 0.29) is 10.7 Å². The van der Waals surface area contributed by atoms with Gasteiger partial charge < -0.3 is 5.32 Å². The van der Waals surface area contributed by atoms with Crippen molar-refractivity contribution in [1.29, 1.82) is 0 Å². The van der Waals surface area contributed by atoms with E-state index in [4.69, 9.17) is 11.6 Å². The zero-order valence-electron chi connectivity index (χ0n) is 11.5. The van der Waals surface area contributed by atoms with Gasteiger partial charge in [-0.25, -0.2) is 4.98 Å². The minimum Gasteiger partial charge on any atom is -0.351 e. The Morgan fingerprint density at radius 1 is 1.48 bits per heavy atom. The van der Waals surface area contributed by atoms with Crippen LogP contribution in [0.1, 0.15) is 42.5 Å². The van der Waals surface area contributed by atoms with Crippen LogP contribution in [0, 0.1) is 10.1 Å². The Kier molecular flexibility index (Phi) is 5.27. The van der Waals surface area contributed by atoms with Crippen molar-refractivity contribution in [1.82, 2.24) is 10.3 Å². The Balaban J connectivity index is 1.99. The van der Waals surface area contributed by atoms with Crippen molar-refractivity contribution in [3.63, 3.8) is 0 Å². The van der Waals surface area contributed by atoms with Crippen LogP contribution in [0.25, 0.3) is 0 Å². The van der Waals surface area contributed by atoms with Crippen LogP contribution >= 0.6 is 11.6 Å². The maximum Gasteiger partial charge on any atom is 0.319 e. The second-order valence-electron chi connectivity index (χ2n) is 4.87. The molecule has 2 rings (SSSR count). The maximum atomic E-state index is 12.0. The van der Waals surface area contributed by atoms with E-state index in [1.807, 2.05) is 0 Å². The number of pyridine rings is 1. The molecule has 0 radical (unpaired) electrons. The average molecular weight is 310 g/mol. The number of hydrogen-bond acceptors (Lipinski definition) is 4. The average Bonchev–Trinajstić information content (AvgIpc) is 2.47. The molecule has 21 heavy (non-hydrogen) atoms. The lowest BCUT2D eigenvalue weighted by Crippen LogP contribution is -2.25. The van der Waals surface area contributed by atoms with Crippen molar-refractivity contribution < 1.29 is 9.72 Å². The van der Waals surface area contributed by atoms with E-state index in [1.54, 1.807) is 0 Å². The molecule has 0 fully saturated rings. The van der Waals surface area contributed by atoms with E-state index in [9.17, 15) is 14.9 Å². The van der Waals surface area contributed by atoms with Crippen molar-refractivity contribution >= 4 is 23.2 Å². The highest BCUT2D eigenvalue weighted by atomic mass is 35.5. The summed E-state index contributed by atoms with van der Waals surface area (Å²) >= 11 is 5.68. The van der Waals surface area contributed by atoms with Gasteiger partial charge in [0, 0.05) is 12.7 Å². The van der Waals surface area contributed by atoms with Gasteiger partial charge in [-0.3, -0.25) is 14.9 Å². The summed E-state index contributed by atoms with van der Waals surface area (Å²) in [5.41, 5.74) is 0.829. The molecule has 1 aliphatic carbocycles. The first kappa shape index (κ1) is 15.4. The highest BCUT2D eigenvalue weighted by Crippen LogP contribution is 2.26. The number of nitrogens with one attached hydrogen (secondary N) is 1. The van der Waals surface area contributed by atoms with E-state index < -0.39 is 16.5 Å². The number of nitro groups is 1. The zero-order valence-corrected chi connectivity index (χ0v) is 12.2. The van der Waals surface area contributed by atoms with Gasteiger partial charge in [0.25, 0.3) is 5.91 Å². The molecule has 1 amide bonds. The molecule has 0 saturated heterocycles. The molecule has 0 unspecified atom stereocenters. The second-order valence-corrected chi connectivity index (χ2v) is 5.23. The van der Waals surface area contributed by atoms with Gasteiger partial charge in [-0.15, -0.1) is 0 Å². The van der Waals surface area contributed by atoms with Crippen molar-refractivity contribution in [2.45, 2.75) is 32.1 Å². The van der Waals surface area contributed by atoms with Crippen LogP contribution in [-0.2, 0) is 0 Å². The van der Waals surface area contributed by atoms with Gasteiger partial charge >= 0.3 is 5.69 Å². The summed E-state index contributed by atoms with van der Waals surface area (Å²) in [4.78, 5) is 25.9. The van der Waals surface area contributed by atoms with E-state index in [0.717, 1.165) is 19.3 Å². The molecule has 0 aromatic carbocycles. The fraction of sp³-hybridized carbons (Fsp3) is 0.429. The van der Waals surface area contributed by atoms with Gasteiger partial charge in [-0.2, -0.15) is 0 Å². The third kappa shape index (κ3) is 4.01. The number of rotatable bonds is 5. The van der Waals surface area contributed by atoms with Crippen LogP contribution in [0.15, 0.2) is 23.9 Å². The highest BCUT2D eigenvalue weighted by molar-refractivity contribution is 6.32. The number of nitrogens with zero attached hydrogens (tertiary/aromatic N) is 2. The highest BCUT2D eigenvalue weighted by Gasteiger charge is 2.24. The number of allylic oxidation sites excluding steroid dienone is 1. The van der Waals surface area contributed by atoms with Crippen LogP contribution < -0.4 is 5.32 Å². The Morgan fingerprint density at radius 2 is 2.29 bits per heavy atom. The first-order valence-corrected chi connectivity index (χ1v) is 7.22. The molecule has 1 aromatic rings. The minimum atomic E-state index is -0.687. The number of hydrogen-bond donors (Lipinski definition) is 1. The fourth-order valence-corrected chi connectivity index (χ4v) is 2.58. The van der Waals surface area contributed by atoms with E-state index in [2.05, 4.69) is 16.4 Å². The SMILES string of the molecule is O=C(NCCC1=CCCCC1)c1ccnc(Cl)c1[N+](=O)[O-]. The molecule has 112 valence electrons. The molecule has 1 aromatic heterocycles. The number of halogens is 1. The Hall–Kier alpha value is -1.95. The zero-order chi connectivity index (χ0) is 15.2. The molecule has 7 heteroatoms. The van der Waals surface area contributed by atoms with Crippen molar-refractivity contribution in [3.05, 3.63) is 44.7 Å². The van der Waals surface area contributed by atoms with Gasteiger partial charge in [0.05, 0.1) is 4.92 Å². The third-order valence-electron chi connectivity index (χ3n) is 3.42. The number of amides is 1. The van der Waals surface area contributed by atoms with Gasteiger partial charge in [0.15, 0.2) is 0 Å². The topological polar surface area (TPSA) is 85.1 Å². The van der Waals surface area contributed by atoms with Gasteiger partial charge in [0.2, 0.25) is 5.15 Å². The minimum absolute atomic E-state index is 0.0578. The maximum absolute atomic E-state index is 12.0. The van der Waals surface area contributed by atoms with Crippen LogP contribution in [0.3, 0.4) is 0 Å². The van der Waals surface area contributed by atoms with Gasteiger partial charge in [0.1, 0.15) is 5.56 Å². The summed E-state index contributed by atoms with van der Waals surface area (Å²) in [6, 6.07) is 1.30. The van der Waals surface area contributed by atoms with Crippen molar-refractivity contribution in [3.8, 4) is 0 Å². The molecule has 1 N–H and O–H groups in total. The predicted octanol–water partition coefficient (Wildman–Crippen LogP) is 3.26. The van der Waals surface area contributed by atoms with Gasteiger partial charge in [-0.05, 0) is 38.2 Å². The Labute approximate surface area is 127 Å². The summed E-state index contributed by atoms with van der Waals surface area (Å²) in [6.45, 7) is 0.460. The molecule has 0 atom stereocenters. The van der Waals surface area contributed by atoms with E-state index in [1.165, 1.54) is 30.7 Å². The molecule has 0 bridgehead atoms. The van der Waals surface area contributed by atoms with E-state index in [0.29, 0.717) is 6.54 Å². The van der Waals surface area contributed by atoms with Crippen LogP contribution in [0.5, 0.6) is 0 Å². The number of aromatic nitrogens is 1.